The largest absolute Gasteiger partial charge is 0.130 e. The summed E-state index contributed by atoms with van der Waals surface area (Å²) in [7, 11) is 0. The molecule has 0 N–H and O–H groups in total. The summed E-state index contributed by atoms with van der Waals surface area (Å²) in [6, 6.07) is 17.5. The van der Waals surface area contributed by atoms with Crippen molar-refractivity contribution in [3.8, 4) is 0 Å². The van der Waals surface area contributed by atoms with Crippen LogP contribution in [-0.2, 0) is 0 Å². The molecule has 0 radical (unpaired) electrons. The molecule has 0 aliphatic heterocycles. The molecular formula is C16H18S. The van der Waals surface area contributed by atoms with Gasteiger partial charge in [0.2, 0.25) is 0 Å². The Bertz CT molecular complexity index is 488. The minimum absolute atomic E-state index is 0.460. The van der Waals surface area contributed by atoms with E-state index in [1.54, 1.807) is 0 Å². The Kier molecular flexibility index (Phi) is 3.90. The zero-order valence-electron chi connectivity index (χ0n) is 10.6. The van der Waals surface area contributed by atoms with Gasteiger partial charge in [-0.05, 0) is 42.0 Å². The van der Waals surface area contributed by atoms with Crippen molar-refractivity contribution < 1.29 is 0 Å². The molecule has 0 heterocycles. The lowest BCUT2D eigenvalue weighted by Gasteiger charge is -2.14. The Morgan fingerprint density at radius 3 is 2.29 bits per heavy atom. The third kappa shape index (κ3) is 2.92. The lowest BCUT2D eigenvalue weighted by Crippen LogP contribution is -1.96. The van der Waals surface area contributed by atoms with Gasteiger partial charge < -0.3 is 0 Å². The number of aryl methyl sites for hydroxylation is 1. The highest BCUT2D eigenvalue weighted by Gasteiger charge is 2.09. The van der Waals surface area contributed by atoms with E-state index in [2.05, 4.69) is 68.6 Å². The maximum atomic E-state index is 2.30. The standard InChI is InChI=1S/C16H18S/c1-12-9-15(11-16(10-12)17-3)13(2)14-7-5-4-6-8-14/h4-11,13H,1-3H3. The summed E-state index contributed by atoms with van der Waals surface area (Å²) in [5.41, 5.74) is 4.13. The number of hydrogen-bond donors (Lipinski definition) is 0. The summed E-state index contributed by atoms with van der Waals surface area (Å²) in [6.07, 6.45) is 2.13. The van der Waals surface area contributed by atoms with E-state index >= 15 is 0 Å². The van der Waals surface area contributed by atoms with E-state index in [0.29, 0.717) is 5.92 Å². The van der Waals surface area contributed by atoms with Gasteiger partial charge >= 0.3 is 0 Å². The highest BCUT2D eigenvalue weighted by Crippen LogP contribution is 2.28. The minimum Gasteiger partial charge on any atom is -0.130 e. The first-order chi connectivity index (χ1) is 8.20. The molecule has 0 bridgehead atoms. The maximum absolute atomic E-state index is 2.30. The van der Waals surface area contributed by atoms with Crippen molar-refractivity contribution in [2.24, 2.45) is 0 Å². The second kappa shape index (κ2) is 5.42. The average Bonchev–Trinajstić information content (AvgIpc) is 2.38. The van der Waals surface area contributed by atoms with Crippen LogP contribution >= 0.6 is 11.8 Å². The van der Waals surface area contributed by atoms with Crippen LogP contribution in [0.15, 0.2) is 53.4 Å². The molecule has 1 atom stereocenters. The van der Waals surface area contributed by atoms with Gasteiger partial charge in [-0.15, -0.1) is 11.8 Å². The molecule has 2 aromatic rings. The molecule has 0 aliphatic rings. The first kappa shape index (κ1) is 12.3. The van der Waals surface area contributed by atoms with Crippen molar-refractivity contribution >= 4 is 11.8 Å². The fourth-order valence-corrected chi connectivity index (χ4v) is 2.64. The van der Waals surface area contributed by atoms with Gasteiger partial charge in [0.1, 0.15) is 0 Å². The molecule has 2 aromatic carbocycles. The van der Waals surface area contributed by atoms with Crippen LogP contribution in [-0.4, -0.2) is 6.26 Å². The molecule has 88 valence electrons. The van der Waals surface area contributed by atoms with Gasteiger partial charge in [0.15, 0.2) is 0 Å². The quantitative estimate of drug-likeness (QED) is 0.692. The van der Waals surface area contributed by atoms with Crippen LogP contribution in [0.3, 0.4) is 0 Å². The first-order valence-electron chi connectivity index (χ1n) is 5.91. The van der Waals surface area contributed by atoms with E-state index in [-0.39, 0.29) is 0 Å². The maximum Gasteiger partial charge on any atom is 0.00747 e. The van der Waals surface area contributed by atoms with Crippen molar-refractivity contribution in [2.45, 2.75) is 24.7 Å². The van der Waals surface area contributed by atoms with Crippen LogP contribution in [0.5, 0.6) is 0 Å². The first-order valence-corrected chi connectivity index (χ1v) is 7.13. The summed E-state index contributed by atoms with van der Waals surface area (Å²) in [5, 5.41) is 0. The Labute approximate surface area is 108 Å². The van der Waals surface area contributed by atoms with Crippen LogP contribution in [0.25, 0.3) is 0 Å². The van der Waals surface area contributed by atoms with Gasteiger partial charge in [0.25, 0.3) is 0 Å². The minimum atomic E-state index is 0.460. The van der Waals surface area contributed by atoms with Crippen LogP contribution in [0, 0.1) is 6.92 Å². The number of benzene rings is 2. The zero-order valence-corrected chi connectivity index (χ0v) is 11.4. The van der Waals surface area contributed by atoms with Crippen LogP contribution in [0.2, 0.25) is 0 Å². The molecule has 0 spiro atoms. The summed E-state index contributed by atoms with van der Waals surface area (Å²) in [6.45, 7) is 4.44. The third-order valence-electron chi connectivity index (χ3n) is 3.11. The smallest absolute Gasteiger partial charge is 0.00747 e. The van der Waals surface area contributed by atoms with Crippen molar-refractivity contribution in [1.29, 1.82) is 0 Å². The molecule has 17 heavy (non-hydrogen) atoms. The summed E-state index contributed by atoms with van der Waals surface area (Å²) in [5.74, 6) is 0.460. The van der Waals surface area contributed by atoms with E-state index in [1.807, 2.05) is 11.8 Å². The van der Waals surface area contributed by atoms with Crippen LogP contribution < -0.4 is 0 Å². The number of rotatable bonds is 3. The van der Waals surface area contributed by atoms with E-state index < -0.39 is 0 Å². The van der Waals surface area contributed by atoms with E-state index in [0.717, 1.165) is 0 Å². The molecule has 0 saturated carbocycles. The zero-order chi connectivity index (χ0) is 12.3. The molecule has 1 unspecified atom stereocenters. The van der Waals surface area contributed by atoms with Crippen molar-refractivity contribution in [2.75, 3.05) is 6.26 Å². The molecule has 0 amide bonds. The predicted molar refractivity (Wildman–Crippen MR) is 76.9 cm³/mol. The number of hydrogen-bond acceptors (Lipinski definition) is 1. The Morgan fingerprint density at radius 1 is 0.941 bits per heavy atom. The second-order valence-corrected chi connectivity index (χ2v) is 5.30. The Balaban J connectivity index is 2.37. The predicted octanol–water partition coefficient (Wildman–Crippen LogP) is 4.87. The normalized spacial score (nSPS) is 12.4. The van der Waals surface area contributed by atoms with E-state index in [1.165, 1.54) is 21.6 Å². The SMILES string of the molecule is CSc1cc(C)cc(C(C)c2ccccc2)c1. The van der Waals surface area contributed by atoms with Gasteiger partial charge in [-0.1, -0.05) is 43.3 Å². The highest BCUT2D eigenvalue weighted by molar-refractivity contribution is 7.98. The molecule has 2 rings (SSSR count). The highest BCUT2D eigenvalue weighted by atomic mass is 32.2. The van der Waals surface area contributed by atoms with Crippen molar-refractivity contribution in [1.82, 2.24) is 0 Å². The van der Waals surface area contributed by atoms with Crippen LogP contribution in [0.4, 0.5) is 0 Å². The summed E-state index contributed by atoms with van der Waals surface area (Å²) in [4.78, 5) is 1.35. The number of thioether (sulfide) groups is 1. The topological polar surface area (TPSA) is 0 Å². The molecule has 0 aliphatic carbocycles. The molecule has 0 fully saturated rings. The van der Waals surface area contributed by atoms with Gasteiger partial charge in [0.05, 0.1) is 0 Å². The van der Waals surface area contributed by atoms with Crippen molar-refractivity contribution in [3.63, 3.8) is 0 Å². The van der Waals surface area contributed by atoms with Crippen molar-refractivity contribution in [3.05, 3.63) is 65.2 Å². The average molecular weight is 242 g/mol. The fourth-order valence-electron chi connectivity index (χ4n) is 2.08. The summed E-state index contributed by atoms with van der Waals surface area (Å²) < 4.78 is 0. The fraction of sp³-hybridized carbons (Fsp3) is 0.250. The van der Waals surface area contributed by atoms with Gasteiger partial charge in [-0.3, -0.25) is 0 Å². The van der Waals surface area contributed by atoms with Gasteiger partial charge in [-0.2, -0.15) is 0 Å². The third-order valence-corrected chi connectivity index (χ3v) is 3.82. The Morgan fingerprint density at radius 2 is 1.65 bits per heavy atom. The lowest BCUT2D eigenvalue weighted by molar-refractivity contribution is 0.914. The van der Waals surface area contributed by atoms with Crippen LogP contribution in [0.1, 0.15) is 29.5 Å². The van der Waals surface area contributed by atoms with Gasteiger partial charge in [0, 0.05) is 10.8 Å². The molecular weight excluding hydrogens is 224 g/mol. The van der Waals surface area contributed by atoms with E-state index in [9.17, 15) is 0 Å². The van der Waals surface area contributed by atoms with E-state index in [4.69, 9.17) is 0 Å². The Hall–Kier alpha value is -1.21. The molecule has 1 heteroatoms. The second-order valence-electron chi connectivity index (χ2n) is 4.42. The molecule has 0 saturated heterocycles. The summed E-state index contributed by atoms with van der Waals surface area (Å²) >= 11 is 1.81. The van der Waals surface area contributed by atoms with Gasteiger partial charge in [-0.25, -0.2) is 0 Å². The molecule has 0 aromatic heterocycles. The lowest BCUT2D eigenvalue weighted by atomic mass is 9.92. The molecule has 0 nitrogen and oxygen atoms in total. The monoisotopic (exact) mass is 242 g/mol.